The summed E-state index contributed by atoms with van der Waals surface area (Å²) in [5, 5.41) is 5.44. The van der Waals surface area contributed by atoms with Crippen LogP contribution in [0.1, 0.15) is 34.3 Å². The summed E-state index contributed by atoms with van der Waals surface area (Å²) >= 11 is 0. The summed E-state index contributed by atoms with van der Waals surface area (Å²) in [4.78, 5) is 24.3. The highest BCUT2D eigenvalue weighted by Crippen LogP contribution is 2.29. The summed E-state index contributed by atoms with van der Waals surface area (Å²) in [6.45, 7) is 0. The second kappa shape index (κ2) is 7.65. The number of benzene rings is 2. The Morgan fingerprint density at radius 1 is 1.04 bits per heavy atom. The van der Waals surface area contributed by atoms with Crippen LogP contribution in [0.2, 0.25) is 0 Å². The Kier molecular flexibility index (Phi) is 5.30. The van der Waals surface area contributed by atoms with Gasteiger partial charge in [0.05, 0.1) is 16.8 Å². The topological polar surface area (TPSA) is 58.2 Å². The maximum atomic E-state index is 12.7. The highest BCUT2D eigenvalue weighted by Gasteiger charge is 2.30. The quantitative estimate of drug-likeness (QED) is 0.769. The molecule has 1 saturated carbocycles. The lowest BCUT2D eigenvalue weighted by atomic mass is 10.1. The van der Waals surface area contributed by atoms with E-state index < -0.39 is 17.6 Å². The fourth-order valence-corrected chi connectivity index (χ4v) is 2.45. The van der Waals surface area contributed by atoms with E-state index in [4.69, 9.17) is 0 Å². The average molecular weight is 374 g/mol. The zero-order valence-corrected chi connectivity index (χ0v) is 14.2. The number of rotatable bonds is 5. The van der Waals surface area contributed by atoms with Crippen LogP contribution in [0, 0.1) is 0 Å². The third-order valence-electron chi connectivity index (χ3n) is 3.98. The minimum Gasteiger partial charge on any atom is -0.349 e. The number of carbonyl (C=O) groups excluding carboxylic acids is 2. The van der Waals surface area contributed by atoms with Gasteiger partial charge in [-0.1, -0.05) is 24.3 Å². The van der Waals surface area contributed by atoms with Crippen LogP contribution in [0.4, 0.5) is 18.9 Å². The maximum absolute atomic E-state index is 12.7. The van der Waals surface area contributed by atoms with Gasteiger partial charge in [-0.15, -0.1) is 0 Å². The molecule has 1 aliphatic carbocycles. The van der Waals surface area contributed by atoms with E-state index in [-0.39, 0.29) is 17.5 Å². The third-order valence-corrected chi connectivity index (χ3v) is 3.98. The molecule has 27 heavy (non-hydrogen) atoms. The molecule has 2 aromatic carbocycles. The first-order valence-corrected chi connectivity index (χ1v) is 8.39. The Hall–Kier alpha value is -3.09. The smallest absolute Gasteiger partial charge is 0.349 e. The van der Waals surface area contributed by atoms with Crippen molar-refractivity contribution in [3.05, 3.63) is 71.3 Å². The molecule has 4 nitrogen and oxygen atoms in total. The van der Waals surface area contributed by atoms with Crippen molar-refractivity contribution in [3.63, 3.8) is 0 Å². The Morgan fingerprint density at radius 2 is 1.78 bits per heavy atom. The summed E-state index contributed by atoms with van der Waals surface area (Å²) in [6.07, 6.45) is -0.136. The Labute approximate surface area is 154 Å². The molecule has 2 aromatic rings. The van der Waals surface area contributed by atoms with Crippen LogP contribution in [0.15, 0.2) is 54.6 Å². The molecule has 0 saturated heterocycles. The molecule has 0 aliphatic heterocycles. The van der Waals surface area contributed by atoms with Crippen molar-refractivity contribution in [2.45, 2.75) is 25.1 Å². The van der Waals surface area contributed by atoms with Crippen molar-refractivity contribution < 1.29 is 22.8 Å². The van der Waals surface area contributed by atoms with Crippen LogP contribution in [0.3, 0.4) is 0 Å². The number of nitrogens with one attached hydrogen (secondary N) is 2. The largest absolute Gasteiger partial charge is 0.416 e. The Balaban J connectivity index is 1.69. The van der Waals surface area contributed by atoms with Crippen LogP contribution >= 0.6 is 0 Å². The zero-order valence-electron chi connectivity index (χ0n) is 14.2. The number of hydrogen-bond acceptors (Lipinski definition) is 2. The average Bonchev–Trinajstić information content (AvgIpc) is 3.44. The molecule has 0 heterocycles. The van der Waals surface area contributed by atoms with Crippen molar-refractivity contribution in [2.24, 2.45) is 0 Å². The van der Waals surface area contributed by atoms with Crippen LogP contribution in [0.25, 0.3) is 6.08 Å². The highest BCUT2D eigenvalue weighted by atomic mass is 19.4. The summed E-state index contributed by atoms with van der Waals surface area (Å²) in [5.74, 6) is -0.811. The normalized spacial score (nSPS) is 14.2. The van der Waals surface area contributed by atoms with Gasteiger partial charge in [0.1, 0.15) is 0 Å². The molecule has 140 valence electrons. The molecule has 2 amide bonds. The number of carbonyl (C=O) groups is 2. The van der Waals surface area contributed by atoms with Gasteiger partial charge in [-0.25, -0.2) is 0 Å². The van der Waals surface area contributed by atoms with E-state index in [1.165, 1.54) is 18.2 Å². The first-order valence-electron chi connectivity index (χ1n) is 8.39. The molecule has 0 spiro atoms. The second-order valence-corrected chi connectivity index (χ2v) is 6.24. The molecule has 0 radical (unpaired) electrons. The molecule has 3 rings (SSSR count). The molecular formula is C20H17F3N2O2. The van der Waals surface area contributed by atoms with E-state index in [0.717, 1.165) is 31.1 Å². The molecule has 7 heteroatoms. The fraction of sp³-hybridized carbons (Fsp3) is 0.200. The maximum Gasteiger partial charge on any atom is 0.416 e. The first kappa shape index (κ1) is 18.7. The highest BCUT2D eigenvalue weighted by molar-refractivity contribution is 6.07. The van der Waals surface area contributed by atoms with Gasteiger partial charge in [0.2, 0.25) is 5.91 Å². The van der Waals surface area contributed by atoms with Gasteiger partial charge in [-0.05, 0) is 48.7 Å². The minimum atomic E-state index is -4.44. The van der Waals surface area contributed by atoms with Gasteiger partial charge < -0.3 is 10.6 Å². The number of para-hydroxylation sites is 1. The van der Waals surface area contributed by atoms with Crippen molar-refractivity contribution in [1.29, 1.82) is 0 Å². The van der Waals surface area contributed by atoms with Gasteiger partial charge >= 0.3 is 6.18 Å². The van der Waals surface area contributed by atoms with Gasteiger partial charge in [0, 0.05) is 12.1 Å². The first-order chi connectivity index (χ1) is 12.8. The summed E-state index contributed by atoms with van der Waals surface area (Å²) in [5.41, 5.74) is 0.145. The van der Waals surface area contributed by atoms with Gasteiger partial charge in [-0.2, -0.15) is 13.2 Å². The molecule has 0 atom stereocenters. The monoisotopic (exact) mass is 374 g/mol. The SMILES string of the molecule is O=C(/C=C/c1cccc(C(F)(F)F)c1)Nc1ccccc1C(=O)NC1CC1. The number of alkyl halides is 3. The lowest BCUT2D eigenvalue weighted by Crippen LogP contribution is -2.26. The van der Waals surface area contributed by atoms with Crippen LogP contribution in [0.5, 0.6) is 0 Å². The van der Waals surface area contributed by atoms with Crippen molar-refractivity contribution in [1.82, 2.24) is 5.32 Å². The molecule has 2 N–H and O–H groups in total. The summed E-state index contributed by atoms with van der Waals surface area (Å²) in [6, 6.07) is 11.4. The van der Waals surface area contributed by atoms with Crippen LogP contribution in [-0.4, -0.2) is 17.9 Å². The lowest BCUT2D eigenvalue weighted by Gasteiger charge is -2.10. The second-order valence-electron chi connectivity index (χ2n) is 6.24. The van der Waals surface area contributed by atoms with Crippen LogP contribution < -0.4 is 10.6 Å². The molecule has 0 bridgehead atoms. The number of hydrogen-bond donors (Lipinski definition) is 2. The summed E-state index contributed by atoms with van der Waals surface area (Å²) < 4.78 is 38.2. The van der Waals surface area contributed by atoms with Crippen LogP contribution in [-0.2, 0) is 11.0 Å². The molecule has 1 aliphatic rings. The predicted molar refractivity (Wildman–Crippen MR) is 96.0 cm³/mol. The zero-order chi connectivity index (χ0) is 19.4. The summed E-state index contributed by atoms with van der Waals surface area (Å²) in [7, 11) is 0. The third kappa shape index (κ3) is 5.20. The Bertz CT molecular complexity index is 887. The lowest BCUT2D eigenvalue weighted by molar-refractivity contribution is -0.137. The van der Waals surface area contributed by atoms with E-state index in [0.29, 0.717) is 11.3 Å². The van der Waals surface area contributed by atoms with Crippen molar-refractivity contribution >= 4 is 23.6 Å². The van der Waals surface area contributed by atoms with E-state index >= 15 is 0 Å². The predicted octanol–water partition coefficient (Wildman–Crippen LogP) is 4.25. The number of anilines is 1. The molecule has 1 fully saturated rings. The molecule has 0 unspecified atom stereocenters. The van der Waals surface area contributed by atoms with Gasteiger partial charge in [-0.3, -0.25) is 9.59 Å². The van der Waals surface area contributed by atoms with Gasteiger partial charge in [0.25, 0.3) is 5.91 Å². The molecular weight excluding hydrogens is 357 g/mol. The number of halogens is 3. The standard InChI is InChI=1S/C20H17F3N2O2/c21-20(22,23)14-5-3-4-13(12-14)8-11-18(26)25-17-7-2-1-6-16(17)19(27)24-15-9-10-15/h1-8,11-12,15H,9-10H2,(H,24,27)(H,25,26)/b11-8+. The van der Waals surface area contributed by atoms with E-state index in [2.05, 4.69) is 10.6 Å². The fourth-order valence-electron chi connectivity index (χ4n) is 2.45. The molecule has 0 aromatic heterocycles. The van der Waals surface area contributed by atoms with E-state index in [1.807, 2.05) is 0 Å². The Morgan fingerprint density at radius 3 is 2.48 bits per heavy atom. The van der Waals surface area contributed by atoms with Crippen molar-refractivity contribution in [3.8, 4) is 0 Å². The van der Waals surface area contributed by atoms with E-state index in [9.17, 15) is 22.8 Å². The van der Waals surface area contributed by atoms with E-state index in [1.54, 1.807) is 24.3 Å². The minimum absolute atomic E-state index is 0.182. The van der Waals surface area contributed by atoms with Gasteiger partial charge in [0.15, 0.2) is 0 Å². The number of amides is 2. The van der Waals surface area contributed by atoms with Crippen molar-refractivity contribution in [2.75, 3.05) is 5.32 Å².